The lowest BCUT2D eigenvalue weighted by Crippen LogP contribution is -2.54. The second-order valence-corrected chi connectivity index (χ2v) is 17.0. The Kier molecular flexibility index (Phi) is 9.35. The minimum atomic E-state index is -0.448. The average Bonchev–Trinajstić information content (AvgIpc) is 3.60. The van der Waals surface area contributed by atoms with Crippen molar-refractivity contribution in [3.05, 3.63) is 58.9 Å². The average molecular weight is 696 g/mol. The van der Waals surface area contributed by atoms with Gasteiger partial charge in [-0.1, -0.05) is 38.8 Å². The Morgan fingerprint density at radius 1 is 0.922 bits per heavy atom. The van der Waals surface area contributed by atoms with Crippen LogP contribution in [0.15, 0.2) is 36.4 Å². The highest BCUT2D eigenvalue weighted by atomic mass is 19.1. The molecular weight excluding hydrogens is 641 g/mol. The summed E-state index contributed by atoms with van der Waals surface area (Å²) in [6.45, 7) is 7.00. The molecule has 5 aliphatic rings. The Labute approximate surface area is 301 Å². The van der Waals surface area contributed by atoms with E-state index in [1.807, 2.05) is 24.3 Å². The highest BCUT2D eigenvalue weighted by Gasteiger charge is 2.60. The maximum absolute atomic E-state index is 14.3. The Balaban J connectivity index is 0.769. The summed E-state index contributed by atoms with van der Waals surface area (Å²) in [4.78, 5) is 41.0. The van der Waals surface area contributed by atoms with E-state index in [1.54, 1.807) is 0 Å². The minimum Gasteiger partial charge on any atom is -0.378 e. The highest BCUT2D eigenvalue weighted by molar-refractivity contribution is 6.10. The van der Waals surface area contributed by atoms with Crippen molar-refractivity contribution in [2.75, 3.05) is 19.7 Å². The Bertz CT molecular complexity index is 1820. The zero-order valence-corrected chi connectivity index (χ0v) is 30.4. The molecule has 8 heteroatoms. The number of carbonyl (C=O) groups is 3. The van der Waals surface area contributed by atoms with Crippen LogP contribution in [0.2, 0.25) is 0 Å². The number of carbonyl (C=O) groups excluding carboxylic acids is 3. The first-order valence-electron chi connectivity index (χ1n) is 19.8. The first-order valence-corrected chi connectivity index (χ1v) is 19.8. The van der Waals surface area contributed by atoms with Crippen LogP contribution in [0.3, 0.4) is 0 Å². The number of ketones is 1. The Morgan fingerprint density at radius 2 is 1.73 bits per heavy atom. The summed E-state index contributed by atoms with van der Waals surface area (Å²) in [5, 5.41) is 6.70. The van der Waals surface area contributed by atoms with Crippen molar-refractivity contribution in [2.45, 2.75) is 110 Å². The van der Waals surface area contributed by atoms with Crippen molar-refractivity contribution in [2.24, 2.45) is 34.5 Å². The first-order chi connectivity index (χ1) is 24.7. The van der Waals surface area contributed by atoms with E-state index in [1.165, 1.54) is 50.7 Å². The van der Waals surface area contributed by atoms with Gasteiger partial charge < -0.3 is 20.4 Å². The van der Waals surface area contributed by atoms with Crippen LogP contribution >= 0.6 is 0 Å². The molecule has 272 valence electrons. The van der Waals surface area contributed by atoms with Gasteiger partial charge in [-0.15, -0.1) is 0 Å². The zero-order valence-electron chi connectivity index (χ0n) is 30.4. The van der Waals surface area contributed by atoms with Gasteiger partial charge in [-0.05, 0) is 134 Å². The molecule has 0 bridgehead atoms. The number of rotatable bonds is 10. The molecule has 0 saturated heterocycles. The van der Waals surface area contributed by atoms with Gasteiger partial charge in [0.25, 0.3) is 11.8 Å². The quantitative estimate of drug-likeness (QED) is 0.185. The van der Waals surface area contributed by atoms with Crippen molar-refractivity contribution < 1.29 is 23.5 Å². The zero-order chi connectivity index (χ0) is 35.3. The van der Waals surface area contributed by atoms with Gasteiger partial charge in [0, 0.05) is 54.7 Å². The summed E-state index contributed by atoms with van der Waals surface area (Å²) in [5.41, 5.74) is 4.97. The minimum absolute atomic E-state index is 0.0861. The number of amides is 2. The fraction of sp³-hybridized carbons (Fsp3) is 0.605. The van der Waals surface area contributed by atoms with Crippen LogP contribution in [0.4, 0.5) is 4.39 Å². The van der Waals surface area contributed by atoms with Crippen molar-refractivity contribution in [1.29, 1.82) is 0 Å². The summed E-state index contributed by atoms with van der Waals surface area (Å²) in [6, 6.07) is 10.2. The lowest BCUT2D eigenvalue weighted by Gasteiger charge is -2.60. The van der Waals surface area contributed by atoms with Gasteiger partial charge in [0.15, 0.2) is 0 Å². The third kappa shape index (κ3) is 6.23. The van der Waals surface area contributed by atoms with E-state index in [9.17, 15) is 18.8 Å². The number of aromatic nitrogens is 1. The fourth-order valence-corrected chi connectivity index (χ4v) is 11.6. The number of H-pyrrole nitrogens is 1. The number of Topliss-reactive ketones (excluding diaryl/α,β-unsaturated/α-hetero) is 1. The maximum Gasteiger partial charge on any atom is 0.252 e. The molecule has 0 unspecified atom stereocenters. The molecule has 0 spiro atoms. The number of halogens is 1. The van der Waals surface area contributed by atoms with Gasteiger partial charge in [0.2, 0.25) is 0 Å². The van der Waals surface area contributed by atoms with E-state index < -0.39 is 5.82 Å². The SMILES string of the molecule is C[C@]12CCC(=O)C[C@@H]1CC[C@@H]1[C@@H]2CC[C@]2(C)[C@@H](OCCCCCCNC(=O)c3ccc(-c4[nH]c5cc(F)cc6c5c4CCNC6=O)cc3)CC[C@@H]12. The number of fused-ring (bicyclic) bond motifs is 5. The second-order valence-electron chi connectivity index (χ2n) is 17.0. The Hall–Kier alpha value is -3.52. The van der Waals surface area contributed by atoms with Crippen LogP contribution in [0.5, 0.6) is 0 Å². The van der Waals surface area contributed by atoms with E-state index in [-0.39, 0.29) is 11.8 Å². The van der Waals surface area contributed by atoms with Gasteiger partial charge in [-0.2, -0.15) is 0 Å². The summed E-state index contributed by atoms with van der Waals surface area (Å²) in [6.07, 6.45) is 15.5. The lowest BCUT2D eigenvalue weighted by molar-refractivity contribution is -0.145. The lowest BCUT2D eigenvalue weighted by atomic mass is 9.45. The summed E-state index contributed by atoms with van der Waals surface area (Å²) < 4.78 is 20.9. The van der Waals surface area contributed by atoms with E-state index in [0.29, 0.717) is 64.8 Å². The molecule has 2 amide bonds. The molecule has 2 heterocycles. The molecule has 1 aromatic heterocycles. The maximum atomic E-state index is 14.3. The van der Waals surface area contributed by atoms with Gasteiger partial charge in [-0.25, -0.2) is 4.39 Å². The standard InChI is InChI=1S/C43H54FN3O4/c1-42-18-15-30(48)23-28(42)11-12-31-34-13-14-37(43(34,2)19-16-35(31)42)51-22-6-4-3-5-20-45-40(49)27-9-7-26(8-10-27)39-32-17-21-46-41(50)33-24-29(44)25-36(47-39)38(32)33/h7-10,24-25,28,31,34-35,37,47H,3-6,11-23H2,1-2H3,(H,45,49)(H,46,50)/t28-,31-,34-,35-,37-,42-,43-/m0/s1. The normalized spacial score (nSPS) is 31.4. The number of aromatic amines is 1. The summed E-state index contributed by atoms with van der Waals surface area (Å²) in [5.74, 6) is 2.69. The van der Waals surface area contributed by atoms with Gasteiger partial charge in [0.05, 0.1) is 11.7 Å². The molecule has 0 radical (unpaired) electrons. The highest BCUT2D eigenvalue weighted by Crippen LogP contribution is 2.66. The Morgan fingerprint density at radius 3 is 2.57 bits per heavy atom. The van der Waals surface area contributed by atoms with Crippen LogP contribution < -0.4 is 10.6 Å². The molecule has 3 aromatic rings. The molecule has 4 saturated carbocycles. The van der Waals surface area contributed by atoms with Crippen molar-refractivity contribution in [1.82, 2.24) is 15.6 Å². The molecule has 4 aliphatic carbocycles. The number of hydrogen-bond acceptors (Lipinski definition) is 4. The predicted octanol–water partition coefficient (Wildman–Crippen LogP) is 8.55. The van der Waals surface area contributed by atoms with Crippen molar-refractivity contribution in [3.8, 4) is 11.3 Å². The first kappa shape index (κ1) is 34.6. The predicted molar refractivity (Wildman–Crippen MR) is 197 cm³/mol. The molecule has 4 fully saturated rings. The molecule has 2 aromatic carbocycles. The van der Waals surface area contributed by atoms with Crippen LogP contribution in [-0.4, -0.2) is 48.4 Å². The molecule has 8 rings (SSSR count). The number of unbranched alkanes of at least 4 members (excludes halogenated alkanes) is 3. The van der Waals surface area contributed by atoms with Crippen LogP contribution in [0.25, 0.3) is 22.2 Å². The molecule has 51 heavy (non-hydrogen) atoms. The van der Waals surface area contributed by atoms with Crippen LogP contribution in [-0.2, 0) is 16.0 Å². The van der Waals surface area contributed by atoms with Gasteiger partial charge in [0.1, 0.15) is 11.6 Å². The van der Waals surface area contributed by atoms with E-state index in [0.717, 1.165) is 91.5 Å². The number of ether oxygens (including phenoxy) is 1. The summed E-state index contributed by atoms with van der Waals surface area (Å²) >= 11 is 0. The smallest absolute Gasteiger partial charge is 0.252 e. The molecule has 3 N–H and O–H groups in total. The van der Waals surface area contributed by atoms with Crippen molar-refractivity contribution >= 4 is 28.5 Å². The molecule has 1 aliphatic heterocycles. The largest absolute Gasteiger partial charge is 0.378 e. The summed E-state index contributed by atoms with van der Waals surface area (Å²) in [7, 11) is 0. The number of nitrogens with one attached hydrogen (secondary N) is 3. The number of benzene rings is 2. The molecule has 7 atom stereocenters. The second kappa shape index (κ2) is 13.8. The van der Waals surface area contributed by atoms with Crippen LogP contribution in [0, 0.1) is 40.3 Å². The van der Waals surface area contributed by atoms with Gasteiger partial charge in [-0.3, -0.25) is 14.4 Å². The third-order valence-corrected chi connectivity index (χ3v) is 14.4. The topological polar surface area (TPSA) is 100 Å². The van der Waals surface area contributed by atoms with Crippen LogP contribution in [0.1, 0.15) is 124 Å². The monoisotopic (exact) mass is 695 g/mol. The van der Waals surface area contributed by atoms with E-state index in [4.69, 9.17) is 4.74 Å². The number of hydrogen-bond donors (Lipinski definition) is 3. The van der Waals surface area contributed by atoms with Crippen molar-refractivity contribution in [3.63, 3.8) is 0 Å². The third-order valence-electron chi connectivity index (χ3n) is 14.4. The van der Waals surface area contributed by atoms with E-state index >= 15 is 0 Å². The molecule has 7 nitrogen and oxygen atoms in total. The fourth-order valence-electron chi connectivity index (χ4n) is 11.6. The van der Waals surface area contributed by atoms with Gasteiger partial charge >= 0.3 is 0 Å². The van der Waals surface area contributed by atoms with E-state index in [2.05, 4.69) is 29.5 Å². The molecular formula is C43H54FN3O4.